The average Bonchev–Trinajstić information content (AvgIpc) is 3.20. The molecule has 1 atom stereocenters. The van der Waals surface area contributed by atoms with E-state index in [1.807, 2.05) is 42.6 Å². The zero-order valence-electron chi connectivity index (χ0n) is 17.1. The van der Waals surface area contributed by atoms with Crippen molar-refractivity contribution in [2.75, 3.05) is 26.2 Å². The normalized spacial score (nSPS) is 15.9. The van der Waals surface area contributed by atoms with Gasteiger partial charge in [-0.2, -0.15) is 0 Å². The molecule has 1 saturated heterocycles. The molecule has 1 aliphatic heterocycles. The standard InChI is InChI=1S/C22H28N6O2/c1-15(29)24-11-12-25-22(30-18-7-9-23-10-8-18)19-13-17-14-26-20(28-21(17)27-19)16-5-3-2-4-6-16/h2-6,13-14,18,22-23,25H,7-12H2,1H3,(H,24,29)(H,26,27,28). The van der Waals surface area contributed by atoms with E-state index in [1.54, 1.807) is 0 Å². The molecule has 0 aliphatic carbocycles. The van der Waals surface area contributed by atoms with Crippen LogP contribution in [0.4, 0.5) is 0 Å². The number of aromatic nitrogens is 3. The molecule has 0 bridgehead atoms. The highest BCUT2D eigenvalue weighted by Crippen LogP contribution is 2.24. The molecule has 8 heteroatoms. The van der Waals surface area contributed by atoms with Crippen molar-refractivity contribution in [2.24, 2.45) is 0 Å². The summed E-state index contributed by atoms with van der Waals surface area (Å²) < 4.78 is 6.39. The van der Waals surface area contributed by atoms with Crippen molar-refractivity contribution in [2.45, 2.75) is 32.1 Å². The maximum absolute atomic E-state index is 11.1. The van der Waals surface area contributed by atoms with Crippen LogP contribution in [0.3, 0.4) is 0 Å². The van der Waals surface area contributed by atoms with Gasteiger partial charge in [0.1, 0.15) is 11.9 Å². The minimum absolute atomic E-state index is 0.0399. The first-order valence-electron chi connectivity index (χ1n) is 10.4. The molecule has 3 heterocycles. The average molecular weight is 409 g/mol. The smallest absolute Gasteiger partial charge is 0.216 e. The number of nitrogens with zero attached hydrogens (tertiary/aromatic N) is 2. The maximum Gasteiger partial charge on any atom is 0.216 e. The molecule has 1 aromatic carbocycles. The topological polar surface area (TPSA) is 104 Å². The lowest BCUT2D eigenvalue weighted by Gasteiger charge is -2.28. The molecule has 0 radical (unpaired) electrons. The van der Waals surface area contributed by atoms with E-state index in [0.29, 0.717) is 18.9 Å². The highest BCUT2D eigenvalue weighted by molar-refractivity contribution is 5.77. The number of amides is 1. The zero-order chi connectivity index (χ0) is 20.8. The van der Waals surface area contributed by atoms with Crippen molar-refractivity contribution in [3.05, 3.63) is 48.3 Å². The largest absolute Gasteiger partial charge is 0.355 e. The number of hydrogen-bond acceptors (Lipinski definition) is 6. The molecule has 4 N–H and O–H groups in total. The molecule has 1 aliphatic rings. The van der Waals surface area contributed by atoms with Gasteiger partial charge in [-0.3, -0.25) is 10.1 Å². The van der Waals surface area contributed by atoms with E-state index in [2.05, 4.69) is 25.9 Å². The van der Waals surface area contributed by atoms with Crippen molar-refractivity contribution < 1.29 is 9.53 Å². The van der Waals surface area contributed by atoms with Crippen LogP contribution >= 0.6 is 0 Å². The molecule has 8 nitrogen and oxygen atoms in total. The van der Waals surface area contributed by atoms with E-state index < -0.39 is 0 Å². The molecule has 2 aromatic heterocycles. The van der Waals surface area contributed by atoms with Gasteiger partial charge in [-0.25, -0.2) is 9.97 Å². The van der Waals surface area contributed by atoms with E-state index in [4.69, 9.17) is 9.72 Å². The van der Waals surface area contributed by atoms with E-state index in [0.717, 1.165) is 48.2 Å². The number of ether oxygens (including phenoxy) is 1. The van der Waals surface area contributed by atoms with Gasteiger partial charge in [0.25, 0.3) is 0 Å². The fourth-order valence-electron chi connectivity index (χ4n) is 3.60. The van der Waals surface area contributed by atoms with Crippen LogP contribution in [0, 0.1) is 0 Å². The minimum atomic E-state index is -0.309. The molecule has 30 heavy (non-hydrogen) atoms. The number of piperidine rings is 1. The van der Waals surface area contributed by atoms with Crippen LogP contribution in [0.1, 0.15) is 31.7 Å². The summed E-state index contributed by atoms with van der Waals surface area (Å²) in [5.74, 6) is 0.646. The molecule has 1 amide bonds. The number of benzene rings is 1. The second-order valence-corrected chi connectivity index (χ2v) is 7.49. The van der Waals surface area contributed by atoms with E-state index in [1.165, 1.54) is 6.92 Å². The van der Waals surface area contributed by atoms with Gasteiger partial charge in [0.05, 0.1) is 11.8 Å². The Hall–Kier alpha value is -2.81. The number of rotatable bonds is 8. The second kappa shape index (κ2) is 9.80. The van der Waals surface area contributed by atoms with E-state index >= 15 is 0 Å². The van der Waals surface area contributed by atoms with Crippen LogP contribution in [0.5, 0.6) is 0 Å². The first-order valence-corrected chi connectivity index (χ1v) is 10.4. The lowest BCUT2D eigenvalue weighted by molar-refractivity contribution is -0.119. The number of H-pyrrole nitrogens is 1. The van der Waals surface area contributed by atoms with Crippen LogP contribution in [0.25, 0.3) is 22.4 Å². The number of aromatic amines is 1. The highest BCUT2D eigenvalue weighted by atomic mass is 16.5. The van der Waals surface area contributed by atoms with Gasteiger partial charge in [-0.15, -0.1) is 0 Å². The molecular weight excluding hydrogens is 380 g/mol. The molecule has 0 saturated carbocycles. The Bertz CT molecular complexity index is 968. The van der Waals surface area contributed by atoms with Crippen molar-refractivity contribution >= 4 is 16.9 Å². The minimum Gasteiger partial charge on any atom is -0.355 e. The summed E-state index contributed by atoms with van der Waals surface area (Å²) in [5, 5.41) is 10.5. The Labute approximate surface area is 175 Å². The number of carbonyl (C=O) groups is 1. The lowest BCUT2D eigenvalue weighted by atomic mass is 10.1. The van der Waals surface area contributed by atoms with Crippen LogP contribution in [-0.2, 0) is 9.53 Å². The van der Waals surface area contributed by atoms with Gasteiger partial charge in [-0.1, -0.05) is 30.3 Å². The fourth-order valence-corrected chi connectivity index (χ4v) is 3.60. The Kier molecular flexibility index (Phi) is 6.68. The van der Waals surface area contributed by atoms with Crippen LogP contribution in [0.2, 0.25) is 0 Å². The molecule has 1 fully saturated rings. The summed E-state index contributed by atoms with van der Waals surface area (Å²) in [5.41, 5.74) is 2.67. The van der Waals surface area contributed by atoms with Gasteiger partial charge >= 0.3 is 0 Å². The van der Waals surface area contributed by atoms with E-state index in [9.17, 15) is 4.79 Å². The number of nitrogens with one attached hydrogen (secondary N) is 4. The summed E-state index contributed by atoms with van der Waals surface area (Å²) in [6, 6.07) is 12.0. The second-order valence-electron chi connectivity index (χ2n) is 7.49. The number of carbonyl (C=O) groups excluding carboxylic acids is 1. The van der Waals surface area contributed by atoms with Crippen LogP contribution in [-0.4, -0.2) is 53.1 Å². The summed E-state index contributed by atoms with van der Waals surface area (Å²) in [6.07, 6.45) is 3.66. The van der Waals surface area contributed by atoms with Crippen molar-refractivity contribution in [1.82, 2.24) is 30.9 Å². The molecule has 3 aromatic rings. The third-order valence-electron chi connectivity index (χ3n) is 5.15. The molecule has 158 valence electrons. The summed E-state index contributed by atoms with van der Waals surface area (Å²) in [6.45, 7) is 4.58. The first-order chi connectivity index (χ1) is 14.7. The lowest BCUT2D eigenvalue weighted by Crippen LogP contribution is -2.38. The molecule has 0 spiro atoms. The Morgan fingerprint density at radius 2 is 2.03 bits per heavy atom. The summed E-state index contributed by atoms with van der Waals surface area (Å²) in [7, 11) is 0. The molecule has 1 unspecified atom stereocenters. The summed E-state index contributed by atoms with van der Waals surface area (Å²) in [4.78, 5) is 23.8. The predicted octanol–water partition coefficient (Wildman–Crippen LogP) is 2.12. The van der Waals surface area contributed by atoms with Crippen LogP contribution in [0.15, 0.2) is 42.6 Å². The third-order valence-corrected chi connectivity index (χ3v) is 5.15. The Balaban J connectivity index is 1.53. The fraction of sp³-hybridized carbons (Fsp3) is 0.409. The van der Waals surface area contributed by atoms with Crippen molar-refractivity contribution in [3.8, 4) is 11.4 Å². The third kappa shape index (κ3) is 5.21. The van der Waals surface area contributed by atoms with Crippen molar-refractivity contribution in [1.29, 1.82) is 0 Å². The summed E-state index contributed by atoms with van der Waals surface area (Å²) >= 11 is 0. The SMILES string of the molecule is CC(=O)NCCNC(OC1CCNCC1)c1cc2cnc(-c3ccccc3)nc2[nH]1. The van der Waals surface area contributed by atoms with E-state index in [-0.39, 0.29) is 18.2 Å². The zero-order valence-corrected chi connectivity index (χ0v) is 17.1. The van der Waals surface area contributed by atoms with Crippen molar-refractivity contribution in [3.63, 3.8) is 0 Å². The Morgan fingerprint density at radius 3 is 2.80 bits per heavy atom. The number of fused-ring (bicyclic) bond motifs is 1. The first kappa shape index (κ1) is 20.5. The quantitative estimate of drug-likeness (QED) is 0.336. The van der Waals surface area contributed by atoms with Gasteiger partial charge in [-0.05, 0) is 32.0 Å². The van der Waals surface area contributed by atoms with Gasteiger partial charge in [0.2, 0.25) is 5.91 Å². The molecule has 4 rings (SSSR count). The van der Waals surface area contributed by atoms with Crippen LogP contribution < -0.4 is 16.0 Å². The maximum atomic E-state index is 11.1. The molecular formula is C22H28N6O2. The predicted molar refractivity (Wildman–Crippen MR) is 116 cm³/mol. The van der Waals surface area contributed by atoms with Gasteiger partial charge in [0.15, 0.2) is 5.82 Å². The Morgan fingerprint density at radius 1 is 1.23 bits per heavy atom. The highest BCUT2D eigenvalue weighted by Gasteiger charge is 2.22. The number of hydrogen-bond donors (Lipinski definition) is 4. The van der Waals surface area contributed by atoms with Gasteiger partial charge < -0.3 is 20.4 Å². The monoisotopic (exact) mass is 408 g/mol. The van der Waals surface area contributed by atoms with Gasteiger partial charge in [0, 0.05) is 37.2 Å².